The summed E-state index contributed by atoms with van der Waals surface area (Å²) in [7, 11) is -4.18. The summed E-state index contributed by atoms with van der Waals surface area (Å²) >= 11 is 0. The highest BCUT2D eigenvalue weighted by Crippen LogP contribution is 2.32. The summed E-state index contributed by atoms with van der Waals surface area (Å²) in [4.78, 5) is 9.73. The topological polar surface area (TPSA) is 107 Å². The van der Waals surface area contributed by atoms with Crippen LogP contribution in [-0.2, 0) is 21.0 Å². The molecule has 1 rings (SSSR count). The van der Waals surface area contributed by atoms with Gasteiger partial charge in [-0.1, -0.05) is 0 Å². The first-order chi connectivity index (χ1) is 9.58. The average Bonchev–Trinajstić information content (AvgIpc) is 2.36. The normalized spacial score (nSPS) is 11.9. The van der Waals surface area contributed by atoms with Crippen molar-refractivity contribution in [3.05, 3.63) is 29.3 Å². The molecule has 0 fully saturated rings. The van der Waals surface area contributed by atoms with Gasteiger partial charge in [-0.25, -0.2) is 13.1 Å². The molecular weight excluding hydrogens is 313 g/mol. The molecule has 0 saturated heterocycles. The van der Waals surface area contributed by atoms with E-state index >= 15 is 0 Å². The van der Waals surface area contributed by atoms with Crippen LogP contribution in [0.2, 0.25) is 0 Å². The monoisotopic (exact) mass is 322 g/mol. The van der Waals surface area contributed by atoms with Crippen LogP contribution in [-0.4, -0.2) is 26.0 Å². The molecule has 0 aromatic heterocycles. The molecule has 6 nitrogen and oxygen atoms in total. The first-order valence-electron chi connectivity index (χ1n) is 5.41. The van der Waals surface area contributed by atoms with Crippen LogP contribution in [0.3, 0.4) is 0 Å². The third-order valence-corrected chi connectivity index (χ3v) is 3.82. The molecule has 0 aliphatic rings. The minimum atomic E-state index is -4.77. The zero-order chi connectivity index (χ0) is 16.3. The standard InChI is InChI=1S/C11H9F3N2O4S/c12-11(13,14)9-2-1-8(5-7(9)6-15)21(19,20)16-4-3-10(17)18/h1-2,5,16H,3-4H2,(H,17,18). The van der Waals surface area contributed by atoms with Gasteiger partial charge in [-0.3, -0.25) is 4.79 Å². The van der Waals surface area contributed by atoms with Crippen molar-refractivity contribution in [2.75, 3.05) is 6.54 Å². The van der Waals surface area contributed by atoms with Crippen molar-refractivity contribution >= 4 is 16.0 Å². The Hall–Kier alpha value is -2.12. The van der Waals surface area contributed by atoms with E-state index in [1.807, 2.05) is 4.72 Å². The van der Waals surface area contributed by atoms with Crippen molar-refractivity contribution in [1.82, 2.24) is 4.72 Å². The van der Waals surface area contributed by atoms with E-state index in [0.717, 1.165) is 0 Å². The van der Waals surface area contributed by atoms with Crippen LogP contribution in [0.4, 0.5) is 13.2 Å². The minimum Gasteiger partial charge on any atom is -0.481 e. The largest absolute Gasteiger partial charge is 0.481 e. The van der Waals surface area contributed by atoms with Crippen LogP contribution in [0.15, 0.2) is 23.1 Å². The van der Waals surface area contributed by atoms with Crippen LogP contribution in [0, 0.1) is 11.3 Å². The van der Waals surface area contributed by atoms with E-state index in [1.165, 1.54) is 6.07 Å². The first-order valence-corrected chi connectivity index (χ1v) is 6.89. The van der Waals surface area contributed by atoms with E-state index in [-0.39, 0.29) is 0 Å². The fourth-order valence-corrected chi connectivity index (χ4v) is 2.46. The summed E-state index contributed by atoms with van der Waals surface area (Å²) in [6, 6.07) is 3.06. The number of hydrogen-bond donors (Lipinski definition) is 2. The predicted octanol–water partition coefficient (Wildman–Crippen LogP) is 1.33. The van der Waals surface area contributed by atoms with E-state index in [0.29, 0.717) is 18.2 Å². The van der Waals surface area contributed by atoms with Crippen molar-refractivity contribution < 1.29 is 31.5 Å². The molecule has 0 aliphatic carbocycles. The second-order valence-electron chi connectivity index (χ2n) is 3.86. The Morgan fingerprint density at radius 2 is 2.00 bits per heavy atom. The molecule has 0 aliphatic heterocycles. The molecule has 0 bridgehead atoms. The minimum absolute atomic E-state index is 0.416. The molecule has 0 atom stereocenters. The fraction of sp³-hybridized carbons (Fsp3) is 0.273. The Kier molecular flexibility index (Phi) is 4.93. The van der Waals surface area contributed by atoms with Gasteiger partial charge in [0.05, 0.1) is 28.5 Å². The second-order valence-corrected chi connectivity index (χ2v) is 5.63. The number of sulfonamides is 1. The van der Waals surface area contributed by atoms with E-state index in [9.17, 15) is 26.4 Å². The summed E-state index contributed by atoms with van der Waals surface area (Å²) in [5, 5.41) is 17.1. The molecule has 0 spiro atoms. The van der Waals surface area contributed by atoms with Crippen LogP contribution < -0.4 is 4.72 Å². The Morgan fingerprint density at radius 1 is 1.38 bits per heavy atom. The number of carboxylic acid groups (broad SMARTS) is 1. The number of hydrogen-bond acceptors (Lipinski definition) is 4. The lowest BCUT2D eigenvalue weighted by molar-refractivity contribution is -0.138. The van der Waals surface area contributed by atoms with Gasteiger partial charge in [0.1, 0.15) is 0 Å². The number of nitriles is 1. The Balaban J connectivity index is 3.10. The van der Waals surface area contributed by atoms with Gasteiger partial charge < -0.3 is 5.11 Å². The third kappa shape index (κ3) is 4.44. The number of alkyl halides is 3. The van der Waals surface area contributed by atoms with E-state index in [1.54, 1.807) is 0 Å². The highest BCUT2D eigenvalue weighted by molar-refractivity contribution is 7.89. The Labute approximate surface area is 117 Å². The zero-order valence-corrected chi connectivity index (χ0v) is 11.1. The number of nitrogens with one attached hydrogen (secondary N) is 1. The van der Waals surface area contributed by atoms with Crippen molar-refractivity contribution in [3.8, 4) is 6.07 Å². The number of carboxylic acids is 1. The fourth-order valence-electron chi connectivity index (χ4n) is 1.41. The molecule has 10 heteroatoms. The number of aliphatic carboxylic acids is 1. The molecular formula is C11H9F3N2O4S. The number of benzene rings is 1. The lowest BCUT2D eigenvalue weighted by Gasteiger charge is -2.11. The van der Waals surface area contributed by atoms with Gasteiger partial charge in [0.25, 0.3) is 0 Å². The molecule has 0 radical (unpaired) electrons. The van der Waals surface area contributed by atoms with Crippen molar-refractivity contribution in [1.29, 1.82) is 5.26 Å². The summed E-state index contributed by atoms with van der Waals surface area (Å²) in [6.45, 7) is -0.416. The number of rotatable bonds is 5. The molecule has 1 aromatic carbocycles. The van der Waals surface area contributed by atoms with Crippen LogP contribution in [0.1, 0.15) is 17.5 Å². The van der Waals surface area contributed by atoms with Gasteiger partial charge >= 0.3 is 12.1 Å². The van der Waals surface area contributed by atoms with E-state index < -0.39 is 51.2 Å². The average molecular weight is 322 g/mol. The molecule has 1 aromatic rings. The first kappa shape index (κ1) is 16.9. The van der Waals surface area contributed by atoms with Crippen molar-refractivity contribution in [2.24, 2.45) is 0 Å². The third-order valence-electron chi connectivity index (χ3n) is 2.36. The molecule has 21 heavy (non-hydrogen) atoms. The molecule has 0 unspecified atom stereocenters. The van der Waals surface area contributed by atoms with Gasteiger partial charge in [0, 0.05) is 6.54 Å². The van der Waals surface area contributed by atoms with Gasteiger partial charge in [0.2, 0.25) is 10.0 Å². The predicted molar refractivity (Wildman–Crippen MR) is 63.6 cm³/mol. The lowest BCUT2D eigenvalue weighted by atomic mass is 10.1. The summed E-state index contributed by atoms with van der Waals surface area (Å²) < 4.78 is 63.1. The highest BCUT2D eigenvalue weighted by atomic mass is 32.2. The van der Waals surface area contributed by atoms with E-state index in [2.05, 4.69) is 0 Å². The maximum Gasteiger partial charge on any atom is 0.417 e. The summed E-state index contributed by atoms with van der Waals surface area (Å²) in [5.41, 5.74) is -2.07. The van der Waals surface area contributed by atoms with Crippen LogP contribution in [0.25, 0.3) is 0 Å². The Bertz CT molecular complexity index is 692. The SMILES string of the molecule is N#Cc1cc(S(=O)(=O)NCCC(=O)O)ccc1C(F)(F)F. The second kappa shape index (κ2) is 6.11. The van der Waals surface area contributed by atoms with E-state index in [4.69, 9.17) is 10.4 Å². The number of carbonyl (C=O) groups is 1. The molecule has 0 amide bonds. The molecule has 2 N–H and O–H groups in total. The van der Waals surface area contributed by atoms with Gasteiger partial charge in [-0.2, -0.15) is 18.4 Å². The maximum absolute atomic E-state index is 12.6. The highest BCUT2D eigenvalue weighted by Gasteiger charge is 2.34. The van der Waals surface area contributed by atoms with Gasteiger partial charge in [-0.15, -0.1) is 0 Å². The number of nitrogens with zero attached hydrogens (tertiary/aromatic N) is 1. The Morgan fingerprint density at radius 3 is 2.48 bits per heavy atom. The summed E-state index contributed by atoms with van der Waals surface area (Å²) in [5.74, 6) is -1.23. The van der Waals surface area contributed by atoms with Gasteiger partial charge in [-0.05, 0) is 18.2 Å². The van der Waals surface area contributed by atoms with Crippen LogP contribution in [0.5, 0.6) is 0 Å². The zero-order valence-electron chi connectivity index (χ0n) is 10.3. The maximum atomic E-state index is 12.6. The molecule has 114 valence electrons. The number of halogens is 3. The van der Waals surface area contributed by atoms with Gasteiger partial charge in [0.15, 0.2) is 0 Å². The van der Waals surface area contributed by atoms with Crippen molar-refractivity contribution in [3.63, 3.8) is 0 Å². The molecule has 0 saturated carbocycles. The van der Waals surface area contributed by atoms with Crippen LogP contribution >= 0.6 is 0 Å². The van der Waals surface area contributed by atoms with Crippen molar-refractivity contribution in [2.45, 2.75) is 17.5 Å². The smallest absolute Gasteiger partial charge is 0.417 e. The summed E-state index contributed by atoms with van der Waals surface area (Å²) in [6.07, 6.45) is -5.25. The molecule has 0 heterocycles. The lowest BCUT2D eigenvalue weighted by Crippen LogP contribution is -2.26. The quantitative estimate of drug-likeness (QED) is 0.850.